The molecule has 0 aliphatic heterocycles. The van der Waals surface area contributed by atoms with E-state index in [0.29, 0.717) is 0 Å². The molecule has 0 saturated carbocycles. The molecular weight excluding hydrogens is 188 g/mol. The van der Waals surface area contributed by atoms with Gasteiger partial charge in [-0.3, -0.25) is 0 Å². The van der Waals surface area contributed by atoms with Crippen LogP contribution in [0.1, 0.15) is 12.0 Å². The maximum absolute atomic E-state index is 5.06. The summed E-state index contributed by atoms with van der Waals surface area (Å²) in [6, 6.07) is 4.12. The molecule has 0 aromatic carbocycles. The highest BCUT2D eigenvalue weighted by Crippen LogP contribution is 2.19. The molecule has 3 nitrogen and oxygen atoms in total. The van der Waals surface area contributed by atoms with Crippen molar-refractivity contribution < 1.29 is 4.74 Å². The third-order valence-corrected chi connectivity index (χ3v) is 2.61. The molecule has 2 rings (SSSR count). The van der Waals surface area contributed by atoms with Gasteiger partial charge in [-0.15, -0.1) is 0 Å². The Balaban J connectivity index is 2.27. The van der Waals surface area contributed by atoms with Crippen LogP contribution in [0.5, 0.6) is 0 Å². The highest BCUT2D eigenvalue weighted by Gasteiger charge is 2.05. The van der Waals surface area contributed by atoms with E-state index >= 15 is 0 Å². The topological polar surface area (TPSA) is 27.1 Å². The number of aryl methyl sites for hydroxylation is 2. The van der Waals surface area contributed by atoms with E-state index in [9.17, 15) is 0 Å². The van der Waals surface area contributed by atoms with E-state index in [1.54, 1.807) is 7.11 Å². The first kappa shape index (κ1) is 10.2. The van der Waals surface area contributed by atoms with Crippen molar-refractivity contribution in [3.05, 3.63) is 30.1 Å². The minimum Gasteiger partial charge on any atom is -0.385 e. The van der Waals surface area contributed by atoms with Crippen LogP contribution in [0.25, 0.3) is 11.0 Å². The SMILES string of the molecule is COCCCc1cn(C)c2ncccc12. The third kappa shape index (κ3) is 2.02. The Hall–Kier alpha value is -1.35. The molecule has 0 atom stereocenters. The van der Waals surface area contributed by atoms with Crippen LogP contribution >= 0.6 is 0 Å². The lowest BCUT2D eigenvalue weighted by Crippen LogP contribution is -1.91. The zero-order valence-corrected chi connectivity index (χ0v) is 9.23. The van der Waals surface area contributed by atoms with Crippen LogP contribution < -0.4 is 0 Å². The average Bonchev–Trinajstić information content (AvgIpc) is 2.58. The van der Waals surface area contributed by atoms with Crippen molar-refractivity contribution in [2.24, 2.45) is 7.05 Å². The van der Waals surface area contributed by atoms with Crippen LogP contribution in [-0.2, 0) is 18.2 Å². The number of nitrogens with zero attached hydrogens (tertiary/aromatic N) is 2. The Bertz CT molecular complexity index is 448. The smallest absolute Gasteiger partial charge is 0.139 e. The van der Waals surface area contributed by atoms with E-state index in [2.05, 4.69) is 21.8 Å². The monoisotopic (exact) mass is 204 g/mol. The molecule has 80 valence electrons. The Kier molecular flexibility index (Phi) is 3.02. The van der Waals surface area contributed by atoms with Gasteiger partial charge in [0.1, 0.15) is 5.65 Å². The van der Waals surface area contributed by atoms with Gasteiger partial charge < -0.3 is 9.30 Å². The van der Waals surface area contributed by atoms with Gasteiger partial charge in [-0.25, -0.2) is 4.98 Å². The summed E-state index contributed by atoms with van der Waals surface area (Å²) in [5, 5.41) is 1.26. The van der Waals surface area contributed by atoms with Gasteiger partial charge in [0, 0.05) is 38.5 Å². The molecule has 0 saturated heterocycles. The van der Waals surface area contributed by atoms with E-state index < -0.39 is 0 Å². The fourth-order valence-electron chi connectivity index (χ4n) is 1.90. The van der Waals surface area contributed by atoms with Crippen molar-refractivity contribution in [2.45, 2.75) is 12.8 Å². The largest absolute Gasteiger partial charge is 0.385 e. The lowest BCUT2D eigenvalue weighted by molar-refractivity contribution is 0.195. The van der Waals surface area contributed by atoms with Crippen LogP contribution in [0.15, 0.2) is 24.5 Å². The van der Waals surface area contributed by atoms with Crippen molar-refractivity contribution in [2.75, 3.05) is 13.7 Å². The molecule has 2 aromatic rings. The predicted molar refractivity (Wildman–Crippen MR) is 60.9 cm³/mol. The highest BCUT2D eigenvalue weighted by atomic mass is 16.5. The van der Waals surface area contributed by atoms with Gasteiger partial charge in [0.25, 0.3) is 0 Å². The second kappa shape index (κ2) is 4.45. The lowest BCUT2D eigenvalue weighted by Gasteiger charge is -1.98. The van der Waals surface area contributed by atoms with Crippen LogP contribution in [0.4, 0.5) is 0 Å². The quantitative estimate of drug-likeness (QED) is 0.713. The number of ether oxygens (including phenoxy) is 1. The fraction of sp³-hybridized carbons (Fsp3) is 0.417. The number of methoxy groups -OCH3 is 1. The maximum atomic E-state index is 5.06. The van der Waals surface area contributed by atoms with Gasteiger partial charge in [-0.1, -0.05) is 0 Å². The predicted octanol–water partition coefficient (Wildman–Crippen LogP) is 2.15. The Morgan fingerprint density at radius 1 is 1.47 bits per heavy atom. The second-order valence-electron chi connectivity index (χ2n) is 3.74. The lowest BCUT2D eigenvalue weighted by atomic mass is 10.1. The number of hydrogen-bond acceptors (Lipinski definition) is 2. The molecule has 0 N–H and O–H groups in total. The Morgan fingerprint density at radius 3 is 3.13 bits per heavy atom. The summed E-state index contributed by atoms with van der Waals surface area (Å²) in [6.07, 6.45) is 6.11. The first-order valence-corrected chi connectivity index (χ1v) is 5.21. The van der Waals surface area contributed by atoms with Gasteiger partial charge >= 0.3 is 0 Å². The molecule has 0 amide bonds. The fourth-order valence-corrected chi connectivity index (χ4v) is 1.90. The van der Waals surface area contributed by atoms with E-state index in [4.69, 9.17) is 4.74 Å². The number of aromatic nitrogens is 2. The van der Waals surface area contributed by atoms with Crippen molar-refractivity contribution in [1.82, 2.24) is 9.55 Å². The van der Waals surface area contributed by atoms with Gasteiger partial charge in [0.2, 0.25) is 0 Å². The van der Waals surface area contributed by atoms with E-state index in [0.717, 1.165) is 25.1 Å². The van der Waals surface area contributed by atoms with E-state index in [1.165, 1.54) is 10.9 Å². The van der Waals surface area contributed by atoms with Gasteiger partial charge in [0.05, 0.1) is 0 Å². The van der Waals surface area contributed by atoms with Gasteiger partial charge in [0.15, 0.2) is 0 Å². The molecule has 2 aromatic heterocycles. The maximum Gasteiger partial charge on any atom is 0.139 e. The zero-order valence-electron chi connectivity index (χ0n) is 9.23. The summed E-state index contributed by atoms with van der Waals surface area (Å²) < 4.78 is 7.14. The van der Waals surface area contributed by atoms with E-state index in [-0.39, 0.29) is 0 Å². The average molecular weight is 204 g/mol. The molecule has 15 heavy (non-hydrogen) atoms. The minimum absolute atomic E-state index is 0.816. The normalized spacial score (nSPS) is 11.1. The van der Waals surface area contributed by atoms with Crippen LogP contribution in [0.2, 0.25) is 0 Å². The Morgan fingerprint density at radius 2 is 2.33 bits per heavy atom. The van der Waals surface area contributed by atoms with Crippen LogP contribution in [0.3, 0.4) is 0 Å². The molecule has 0 aliphatic rings. The summed E-state index contributed by atoms with van der Waals surface area (Å²) >= 11 is 0. The summed E-state index contributed by atoms with van der Waals surface area (Å²) in [5.74, 6) is 0. The molecule has 0 bridgehead atoms. The minimum atomic E-state index is 0.816. The molecule has 0 fully saturated rings. The van der Waals surface area contributed by atoms with Crippen molar-refractivity contribution in [1.29, 1.82) is 0 Å². The van der Waals surface area contributed by atoms with Gasteiger partial charge in [-0.2, -0.15) is 0 Å². The summed E-state index contributed by atoms with van der Waals surface area (Å²) in [7, 11) is 3.78. The van der Waals surface area contributed by atoms with Gasteiger partial charge in [-0.05, 0) is 30.5 Å². The number of hydrogen-bond donors (Lipinski definition) is 0. The van der Waals surface area contributed by atoms with Crippen molar-refractivity contribution in [3.8, 4) is 0 Å². The number of pyridine rings is 1. The molecule has 0 unspecified atom stereocenters. The van der Waals surface area contributed by atoms with Crippen molar-refractivity contribution in [3.63, 3.8) is 0 Å². The molecule has 0 radical (unpaired) electrons. The Labute approximate surface area is 89.7 Å². The number of fused-ring (bicyclic) bond motifs is 1. The standard InChI is InChI=1S/C12H16N2O/c1-14-9-10(5-4-8-15-2)11-6-3-7-13-12(11)14/h3,6-7,9H,4-5,8H2,1-2H3. The van der Waals surface area contributed by atoms with Crippen LogP contribution in [0, 0.1) is 0 Å². The van der Waals surface area contributed by atoms with E-state index in [1.807, 2.05) is 19.3 Å². The first-order valence-electron chi connectivity index (χ1n) is 5.21. The molecule has 0 spiro atoms. The summed E-state index contributed by atoms with van der Waals surface area (Å²) in [4.78, 5) is 4.36. The second-order valence-corrected chi connectivity index (χ2v) is 3.74. The number of rotatable bonds is 4. The molecule has 3 heteroatoms. The highest BCUT2D eigenvalue weighted by molar-refractivity contribution is 5.80. The summed E-state index contributed by atoms with van der Waals surface area (Å²) in [5.41, 5.74) is 2.42. The van der Waals surface area contributed by atoms with Crippen molar-refractivity contribution >= 4 is 11.0 Å². The van der Waals surface area contributed by atoms with Crippen LogP contribution in [-0.4, -0.2) is 23.3 Å². The summed E-state index contributed by atoms with van der Waals surface area (Å²) in [6.45, 7) is 0.816. The third-order valence-electron chi connectivity index (χ3n) is 2.61. The first-order chi connectivity index (χ1) is 7.33. The molecular formula is C12H16N2O. The molecule has 0 aliphatic carbocycles. The zero-order chi connectivity index (χ0) is 10.7. The molecule has 2 heterocycles.